The van der Waals surface area contributed by atoms with E-state index in [1.54, 1.807) is 0 Å². The quantitative estimate of drug-likeness (QED) is 0.783. The van der Waals surface area contributed by atoms with Gasteiger partial charge in [-0.1, -0.05) is 27.7 Å². The molecule has 3 heteroatoms. The van der Waals surface area contributed by atoms with Crippen molar-refractivity contribution in [1.82, 2.24) is 0 Å². The van der Waals surface area contributed by atoms with E-state index in [0.717, 1.165) is 25.7 Å². The largest absolute Gasteiger partial charge is 0.469 e. The lowest BCUT2D eigenvalue weighted by molar-refractivity contribution is -0.150. The van der Waals surface area contributed by atoms with E-state index >= 15 is 0 Å². The van der Waals surface area contributed by atoms with E-state index in [4.69, 9.17) is 4.74 Å². The fraction of sp³-hybridized carbons (Fsp3) is 0.938. The van der Waals surface area contributed by atoms with Gasteiger partial charge in [-0.3, -0.25) is 4.79 Å². The van der Waals surface area contributed by atoms with Crippen molar-refractivity contribution in [3.05, 3.63) is 0 Å². The fourth-order valence-corrected chi connectivity index (χ4v) is 4.88. The van der Waals surface area contributed by atoms with Crippen molar-refractivity contribution in [3.63, 3.8) is 0 Å². The Bertz CT molecular complexity index is 376. The van der Waals surface area contributed by atoms with E-state index in [1.807, 2.05) is 0 Å². The van der Waals surface area contributed by atoms with Gasteiger partial charge in [-0.2, -0.15) is 0 Å². The average molecular weight is 268 g/mol. The first-order valence-corrected chi connectivity index (χ1v) is 7.42. The highest BCUT2D eigenvalue weighted by Crippen LogP contribution is 2.67. The number of aliphatic hydroxyl groups is 1. The van der Waals surface area contributed by atoms with Gasteiger partial charge < -0.3 is 9.84 Å². The lowest BCUT2D eigenvalue weighted by Gasteiger charge is -2.55. The Morgan fingerprint density at radius 1 is 1.21 bits per heavy atom. The highest BCUT2D eigenvalue weighted by molar-refractivity contribution is 5.70. The standard InChI is InChI=1S/C16H28O3/c1-14(2)11-6-8-15(3,10-13(18)19-5)16(11,4)9-7-12(14)17/h11-12,17H,6-10H2,1-5H3/t11-,12-,15-,16+/m0/s1. The van der Waals surface area contributed by atoms with Crippen molar-refractivity contribution in [3.8, 4) is 0 Å². The third kappa shape index (κ3) is 2.01. The Morgan fingerprint density at radius 2 is 1.84 bits per heavy atom. The molecule has 0 heterocycles. The smallest absolute Gasteiger partial charge is 0.306 e. The predicted octanol–water partition coefficient (Wildman–Crippen LogP) is 3.15. The molecule has 2 aliphatic carbocycles. The van der Waals surface area contributed by atoms with E-state index in [-0.39, 0.29) is 28.3 Å². The van der Waals surface area contributed by atoms with Crippen LogP contribution in [0.3, 0.4) is 0 Å². The van der Waals surface area contributed by atoms with E-state index < -0.39 is 0 Å². The number of fused-ring (bicyclic) bond motifs is 1. The first-order chi connectivity index (χ1) is 8.67. The van der Waals surface area contributed by atoms with Gasteiger partial charge in [0, 0.05) is 0 Å². The summed E-state index contributed by atoms with van der Waals surface area (Å²) < 4.78 is 4.89. The summed E-state index contributed by atoms with van der Waals surface area (Å²) in [7, 11) is 1.47. The topological polar surface area (TPSA) is 46.5 Å². The van der Waals surface area contributed by atoms with Crippen LogP contribution in [0, 0.1) is 22.2 Å². The first kappa shape index (κ1) is 14.8. The molecule has 0 amide bonds. The normalized spacial score (nSPS) is 44.7. The molecule has 3 nitrogen and oxygen atoms in total. The van der Waals surface area contributed by atoms with Gasteiger partial charge in [0.05, 0.1) is 19.6 Å². The van der Waals surface area contributed by atoms with E-state index in [2.05, 4.69) is 27.7 Å². The number of aliphatic hydroxyl groups excluding tert-OH is 1. The summed E-state index contributed by atoms with van der Waals surface area (Å²) in [5.74, 6) is 0.381. The number of rotatable bonds is 2. The summed E-state index contributed by atoms with van der Waals surface area (Å²) in [4.78, 5) is 11.7. The molecule has 2 fully saturated rings. The Balaban J connectivity index is 2.31. The summed E-state index contributed by atoms with van der Waals surface area (Å²) in [6.45, 7) is 8.92. The highest BCUT2D eigenvalue weighted by atomic mass is 16.5. The molecule has 0 spiro atoms. The molecule has 0 aliphatic heterocycles. The van der Waals surface area contributed by atoms with Gasteiger partial charge >= 0.3 is 5.97 Å². The van der Waals surface area contributed by atoms with Crippen LogP contribution in [-0.4, -0.2) is 24.3 Å². The summed E-state index contributed by atoms with van der Waals surface area (Å²) in [6.07, 6.45) is 4.30. The molecule has 2 saturated carbocycles. The second-order valence-corrected chi connectivity index (χ2v) is 7.70. The van der Waals surface area contributed by atoms with Crippen LogP contribution in [0.4, 0.5) is 0 Å². The Kier molecular flexibility index (Phi) is 3.49. The minimum absolute atomic E-state index is 0.00215. The third-order valence-corrected chi connectivity index (χ3v) is 6.59. The zero-order valence-electron chi connectivity index (χ0n) is 13.0. The van der Waals surface area contributed by atoms with Crippen LogP contribution >= 0.6 is 0 Å². The summed E-state index contributed by atoms with van der Waals surface area (Å²) >= 11 is 0. The van der Waals surface area contributed by atoms with Crippen molar-refractivity contribution >= 4 is 5.97 Å². The maximum Gasteiger partial charge on any atom is 0.306 e. The number of hydrogen-bond acceptors (Lipinski definition) is 3. The van der Waals surface area contributed by atoms with Gasteiger partial charge in [0.15, 0.2) is 0 Å². The third-order valence-electron chi connectivity index (χ3n) is 6.59. The van der Waals surface area contributed by atoms with E-state index in [1.165, 1.54) is 7.11 Å². The lowest BCUT2D eigenvalue weighted by atomic mass is 9.51. The first-order valence-electron chi connectivity index (χ1n) is 7.42. The predicted molar refractivity (Wildman–Crippen MR) is 74.6 cm³/mol. The van der Waals surface area contributed by atoms with Crippen LogP contribution in [-0.2, 0) is 9.53 Å². The molecule has 0 saturated heterocycles. The molecule has 19 heavy (non-hydrogen) atoms. The number of carbonyl (C=O) groups excluding carboxylic acids is 1. The maximum absolute atomic E-state index is 11.7. The van der Waals surface area contributed by atoms with Crippen molar-refractivity contribution in [2.45, 2.75) is 65.9 Å². The number of carbonyl (C=O) groups is 1. The zero-order valence-corrected chi connectivity index (χ0v) is 13.0. The second kappa shape index (κ2) is 4.47. The molecule has 0 aromatic carbocycles. The van der Waals surface area contributed by atoms with Crippen molar-refractivity contribution in [2.24, 2.45) is 22.2 Å². The zero-order chi connectivity index (χ0) is 14.5. The van der Waals surface area contributed by atoms with Gasteiger partial charge in [0.25, 0.3) is 0 Å². The molecule has 0 unspecified atom stereocenters. The van der Waals surface area contributed by atoms with Crippen LogP contribution in [0.1, 0.15) is 59.8 Å². The number of hydrogen-bond donors (Lipinski definition) is 1. The molecule has 110 valence electrons. The SMILES string of the molecule is COC(=O)C[C@]1(C)CC[C@H]2C(C)(C)[C@@H](O)CC[C@]21C. The van der Waals surface area contributed by atoms with Gasteiger partial charge in [0.2, 0.25) is 0 Å². The van der Waals surface area contributed by atoms with Gasteiger partial charge in [-0.15, -0.1) is 0 Å². The van der Waals surface area contributed by atoms with Crippen LogP contribution < -0.4 is 0 Å². The Labute approximate surface area is 116 Å². The monoisotopic (exact) mass is 268 g/mol. The van der Waals surface area contributed by atoms with Crippen molar-refractivity contribution in [2.75, 3.05) is 7.11 Å². The molecular weight excluding hydrogens is 240 g/mol. The van der Waals surface area contributed by atoms with Gasteiger partial charge in [0.1, 0.15) is 0 Å². The molecule has 4 atom stereocenters. The molecule has 0 aromatic heterocycles. The fourth-order valence-electron chi connectivity index (χ4n) is 4.88. The van der Waals surface area contributed by atoms with Gasteiger partial charge in [-0.05, 0) is 47.8 Å². The van der Waals surface area contributed by atoms with Crippen LogP contribution in [0.2, 0.25) is 0 Å². The average Bonchev–Trinajstić information content (AvgIpc) is 2.59. The summed E-state index contributed by atoms with van der Waals surface area (Å²) in [5, 5.41) is 10.3. The Morgan fingerprint density at radius 3 is 2.42 bits per heavy atom. The number of esters is 1. The van der Waals surface area contributed by atoms with Crippen LogP contribution in [0.25, 0.3) is 0 Å². The lowest BCUT2D eigenvalue weighted by Crippen LogP contribution is -2.52. The maximum atomic E-state index is 11.7. The molecular formula is C16H28O3. The molecule has 0 radical (unpaired) electrons. The van der Waals surface area contributed by atoms with Crippen molar-refractivity contribution < 1.29 is 14.6 Å². The summed E-state index contributed by atoms with van der Waals surface area (Å²) in [6, 6.07) is 0. The Hall–Kier alpha value is -0.570. The van der Waals surface area contributed by atoms with Crippen LogP contribution in [0.15, 0.2) is 0 Å². The van der Waals surface area contributed by atoms with Crippen molar-refractivity contribution in [1.29, 1.82) is 0 Å². The van der Waals surface area contributed by atoms with Crippen LogP contribution in [0.5, 0.6) is 0 Å². The summed E-state index contributed by atoms with van der Waals surface area (Å²) in [5.41, 5.74) is 0.0764. The molecule has 2 rings (SSSR count). The number of ether oxygens (including phenoxy) is 1. The highest BCUT2D eigenvalue weighted by Gasteiger charge is 2.62. The minimum atomic E-state index is -0.217. The van der Waals surface area contributed by atoms with Gasteiger partial charge in [-0.25, -0.2) is 0 Å². The molecule has 2 aliphatic rings. The molecule has 0 bridgehead atoms. The van der Waals surface area contributed by atoms with E-state index in [0.29, 0.717) is 12.3 Å². The molecule has 0 aromatic rings. The number of methoxy groups -OCH3 is 1. The minimum Gasteiger partial charge on any atom is -0.469 e. The molecule has 1 N–H and O–H groups in total. The second-order valence-electron chi connectivity index (χ2n) is 7.70. The van der Waals surface area contributed by atoms with E-state index in [9.17, 15) is 9.90 Å².